The first kappa shape index (κ1) is 13.8. The largest absolute Gasteiger partial charge is 0.425 e. The van der Waals surface area contributed by atoms with E-state index in [4.69, 9.17) is 10.5 Å². The Bertz CT molecular complexity index is 737. The quantitative estimate of drug-likeness (QED) is 0.641. The number of fused-ring (bicyclic) bond motifs is 1. The summed E-state index contributed by atoms with van der Waals surface area (Å²) in [6.07, 6.45) is -0.297. The van der Waals surface area contributed by atoms with Crippen molar-refractivity contribution in [2.24, 2.45) is 5.73 Å². The Morgan fingerprint density at radius 1 is 1.32 bits per heavy atom. The van der Waals surface area contributed by atoms with Gasteiger partial charge in [0.05, 0.1) is 16.3 Å². The molecule has 2 unspecified atom stereocenters. The first-order valence-corrected chi connectivity index (χ1v) is 6.44. The van der Waals surface area contributed by atoms with Crippen LogP contribution in [0.3, 0.4) is 0 Å². The molecule has 0 aliphatic carbocycles. The van der Waals surface area contributed by atoms with Crippen molar-refractivity contribution in [2.45, 2.75) is 11.8 Å². The second-order valence-electron chi connectivity index (χ2n) is 4.76. The highest BCUT2D eigenvalue weighted by atomic mass is 16.7. The Kier molecular flexibility index (Phi) is 3.13. The number of anilines is 1. The molecule has 2 heterocycles. The lowest BCUT2D eigenvalue weighted by Crippen LogP contribution is -2.62. The smallest absolute Gasteiger partial charge is 0.392 e. The molecular weight excluding hydrogens is 288 g/mol. The second kappa shape index (κ2) is 4.99. The number of nitrogens with two attached hydrogens (primary N) is 1. The Morgan fingerprint density at radius 2 is 2.05 bits per heavy atom. The van der Waals surface area contributed by atoms with Crippen LogP contribution in [0.2, 0.25) is 0 Å². The number of carbonyl (C=O) groups excluding carboxylic acids is 1. The van der Waals surface area contributed by atoms with Gasteiger partial charge in [0.2, 0.25) is 0 Å². The van der Waals surface area contributed by atoms with E-state index >= 15 is 0 Å². The number of pyridine rings is 1. The molecule has 0 radical (unpaired) electrons. The van der Waals surface area contributed by atoms with Gasteiger partial charge in [-0.3, -0.25) is 19.9 Å². The molecule has 1 aliphatic rings. The number of ether oxygens (including phenoxy) is 1. The van der Waals surface area contributed by atoms with Crippen molar-refractivity contribution < 1.29 is 14.5 Å². The second-order valence-corrected chi connectivity index (χ2v) is 4.76. The highest BCUT2D eigenvalue weighted by Crippen LogP contribution is 2.40. The topological polar surface area (TPSA) is 120 Å². The summed E-state index contributed by atoms with van der Waals surface area (Å²) in [5, 5.41) is 14.3. The average molecular weight is 300 g/mol. The van der Waals surface area contributed by atoms with Gasteiger partial charge in [0.25, 0.3) is 11.4 Å². The number of nitrogens with zero attached hydrogens (tertiary/aromatic N) is 2. The van der Waals surface area contributed by atoms with Crippen LogP contribution in [0.1, 0.15) is 5.69 Å². The summed E-state index contributed by atoms with van der Waals surface area (Å²) in [5.41, 5.74) is 4.16. The molecule has 0 spiro atoms. The highest BCUT2D eigenvalue weighted by molar-refractivity contribution is 5.90. The fraction of sp³-hybridized carbons (Fsp3) is 0.143. The van der Waals surface area contributed by atoms with E-state index in [2.05, 4.69) is 10.3 Å². The first-order valence-electron chi connectivity index (χ1n) is 6.44. The predicted molar refractivity (Wildman–Crippen MR) is 76.6 cm³/mol. The van der Waals surface area contributed by atoms with E-state index in [1.54, 1.807) is 36.4 Å². The number of rotatable bonds is 3. The third-order valence-corrected chi connectivity index (χ3v) is 3.48. The number of benzene rings is 1. The van der Waals surface area contributed by atoms with Crippen molar-refractivity contribution in [3.05, 3.63) is 64.5 Å². The molecule has 0 saturated heterocycles. The van der Waals surface area contributed by atoms with Crippen molar-refractivity contribution in [3.8, 4) is 5.75 Å². The van der Waals surface area contributed by atoms with Crippen molar-refractivity contribution in [2.75, 3.05) is 5.32 Å². The zero-order valence-corrected chi connectivity index (χ0v) is 11.3. The number of para-hydroxylation sites is 2. The molecule has 0 fully saturated rings. The molecule has 22 heavy (non-hydrogen) atoms. The summed E-state index contributed by atoms with van der Waals surface area (Å²) in [4.78, 5) is 27.0. The lowest BCUT2D eigenvalue weighted by atomic mass is 9.89. The molecule has 1 amide bonds. The molecule has 112 valence electrons. The van der Waals surface area contributed by atoms with E-state index in [0.717, 1.165) is 0 Å². The average Bonchev–Trinajstić information content (AvgIpc) is 2.54. The van der Waals surface area contributed by atoms with Gasteiger partial charge in [-0.25, -0.2) is 0 Å². The van der Waals surface area contributed by atoms with Gasteiger partial charge in [-0.2, -0.15) is 0 Å². The Hall–Kier alpha value is -3.16. The molecule has 8 nitrogen and oxygen atoms in total. The number of nitro groups is 1. The van der Waals surface area contributed by atoms with Gasteiger partial charge in [0, 0.05) is 6.20 Å². The van der Waals surface area contributed by atoms with Crippen molar-refractivity contribution >= 4 is 11.6 Å². The Morgan fingerprint density at radius 3 is 2.68 bits per heavy atom. The molecular formula is C14H12N4O4. The maximum Gasteiger partial charge on any atom is 0.392 e. The zero-order chi connectivity index (χ0) is 15.7. The van der Waals surface area contributed by atoms with Crippen LogP contribution in [0.5, 0.6) is 5.75 Å². The van der Waals surface area contributed by atoms with Crippen molar-refractivity contribution in [3.63, 3.8) is 0 Å². The molecule has 2 atom stereocenters. The fourth-order valence-electron chi connectivity index (χ4n) is 2.45. The van der Waals surface area contributed by atoms with Crippen LogP contribution in [-0.4, -0.2) is 22.0 Å². The molecule has 0 bridgehead atoms. The van der Waals surface area contributed by atoms with Gasteiger partial charge in [0.15, 0.2) is 0 Å². The number of aromatic nitrogens is 1. The predicted octanol–water partition coefficient (Wildman–Crippen LogP) is 0.869. The third-order valence-electron chi connectivity index (χ3n) is 3.48. The normalized spacial score (nSPS) is 22.8. The van der Waals surface area contributed by atoms with E-state index in [-0.39, 0.29) is 11.4 Å². The van der Waals surface area contributed by atoms with Gasteiger partial charge in [-0.05, 0) is 24.3 Å². The summed E-state index contributed by atoms with van der Waals surface area (Å²) >= 11 is 0. The number of carbonyl (C=O) groups is 1. The lowest BCUT2D eigenvalue weighted by Gasteiger charge is -2.37. The van der Waals surface area contributed by atoms with E-state index in [1.165, 1.54) is 12.3 Å². The molecule has 8 heteroatoms. The van der Waals surface area contributed by atoms with Gasteiger partial charge >= 0.3 is 6.23 Å². The van der Waals surface area contributed by atoms with E-state index in [0.29, 0.717) is 5.69 Å². The van der Waals surface area contributed by atoms with Crippen LogP contribution in [-0.2, 0) is 10.3 Å². The number of nitrogens with one attached hydrogen (secondary N) is 1. The molecule has 3 rings (SSSR count). The van der Waals surface area contributed by atoms with Crippen LogP contribution in [0.4, 0.5) is 5.69 Å². The van der Waals surface area contributed by atoms with Crippen LogP contribution in [0.25, 0.3) is 0 Å². The van der Waals surface area contributed by atoms with E-state index in [9.17, 15) is 14.9 Å². The minimum Gasteiger partial charge on any atom is -0.425 e. The molecule has 0 saturated carbocycles. The maximum absolute atomic E-state index is 12.1. The summed E-state index contributed by atoms with van der Waals surface area (Å²) in [6, 6.07) is 11.4. The van der Waals surface area contributed by atoms with Crippen molar-refractivity contribution in [1.29, 1.82) is 0 Å². The number of hydrogen-bond acceptors (Lipinski definition) is 6. The lowest BCUT2D eigenvalue weighted by molar-refractivity contribution is -0.572. The van der Waals surface area contributed by atoms with Gasteiger partial charge in [-0.15, -0.1) is 0 Å². The molecule has 1 aromatic carbocycles. The summed E-state index contributed by atoms with van der Waals surface area (Å²) < 4.78 is 5.42. The Balaban J connectivity index is 2.23. The SMILES string of the molecule is NC(=O)C1(c2ccccn2)Nc2ccccc2OC1[N+](=O)[O-]. The van der Waals surface area contributed by atoms with Gasteiger partial charge < -0.3 is 15.8 Å². The fourth-order valence-corrected chi connectivity index (χ4v) is 2.45. The standard InChI is InChI=1S/C14H12N4O4/c15-12(19)14(11-7-3-4-8-16-11)13(18(20)21)22-10-6-2-1-5-9(10)17-14/h1-8,13,17H,(H2,15,19). The van der Waals surface area contributed by atoms with Crippen molar-refractivity contribution in [1.82, 2.24) is 4.98 Å². The highest BCUT2D eigenvalue weighted by Gasteiger charge is 2.59. The summed E-state index contributed by atoms with van der Waals surface area (Å²) in [6.45, 7) is 0. The molecule has 1 aromatic heterocycles. The minimum atomic E-state index is -1.89. The van der Waals surface area contributed by atoms with Crippen LogP contribution in [0, 0.1) is 10.1 Å². The van der Waals surface area contributed by atoms with Crippen LogP contribution >= 0.6 is 0 Å². The number of amides is 1. The third kappa shape index (κ3) is 1.93. The summed E-state index contributed by atoms with van der Waals surface area (Å²) in [5.74, 6) is -0.667. The zero-order valence-electron chi connectivity index (χ0n) is 11.3. The van der Waals surface area contributed by atoms with E-state index in [1.807, 2.05) is 0 Å². The monoisotopic (exact) mass is 300 g/mol. The Labute approximate surface area is 125 Å². The molecule has 2 aromatic rings. The minimum absolute atomic E-state index is 0.124. The molecule has 3 N–H and O–H groups in total. The van der Waals surface area contributed by atoms with E-state index < -0.39 is 22.6 Å². The maximum atomic E-state index is 12.1. The summed E-state index contributed by atoms with van der Waals surface area (Å²) in [7, 11) is 0. The van der Waals surface area contributed by atoms with Crippen LogP contribution < -0.4 is 15.8 Å². The van der Waals surface area contributed by atoms with Gasteiger partial charge in [-0.1, -0.05) is 18.2 Å². The van der Waals surface area contributed by atoms with Crippen LogP contribution in [0.15, 0.2) is 48.7 Å². The molecule has 1 aliphatic heterocycles. The number of hydrogen-bond donors (Lipinski definition) is 2. The first-order chi connectivity index (χ1) is 10.6. The van der Waals surface area contributed by atoms with Gasteiger partial charge in [0.1, 0.15) is 5.75 Å². The number of primary amides is 1.